The van der Waals surface area contributed by atoms with Crippen molar-refractivity contribution in [2.24, 2.45) is 0 Å². The zero-order chi connectivity index (χ0) is 19.1. The number of methoxy groups -OCH3 is 1. The molecule has 26 heavy (non-hydrogen) atoms. The molecule has 2 heterocycles. The molecule has 2 atom stereocenters. The maximum absolute atomic E-state index is 13.9. The standard InChI is InChI=1S/C19H23F2NO4/c1-19(2,3)26-18(23)22-13-5-11(6-14(22)10-25-9-13)12-7-15(20)17(21)16(8-12)24-4/h5,7-8,13-14H,6,9-10H2,1-4H3. The first kappa shape index (κ1) is 18.6. The molecule has 5 nitrogen and oxygen atoms in total. The minimum Gasteiger partial charge on any atom is -0.494 e. The van der Waals surface area contributed by atoms with Crippen LogP contribution in [0.5, 0.6) is 5.75 Å². The van der Waals surface area contributed by atoms with Crippen molar-refractivity contribution in [2.75, 3.05) is 20.3 Å². The van der Waals surface area contributed by atoms with Gasteiger partial charge in [0.25, 0.3) is 0 Å². The van der Waals surface area contributed by atoms with Crippen LogP contribution in [-0.2, 0) is 9.47 Å². The van der Waals surface area contributed by atoms with E-state index in [4.69, 9.17) is 14.2 Å². The number of nitrogens with zero attached hydrogens (tertiary/aromatic N) is 1. The molecule has 7 heteroatoms. The summed E-state index contributed by atoms with van der Waals surface area (Å²) in [5.74, 6) is -2.11. The van der Waals surface area contributed by atoms with Gasteiger partial charge < -0.3 is 14.2 Å². The molecule has 0 aromatic heterocycles. The van der Waals surface area contributed by atoms with Crippen molar-refractivity contribution in [3.63, 3.8) is 0 Å². The van der Waals surface area contributed by atoms with Gasteiger partial charge in [0.1, 0.15) is 5.60 Å². The van der Waals surface area contributed by atoms with E-state index < -0.39 is 23.3 Å². The van der Waals surface area contributed by atoms with Gasteiger partial charge in [-0.2, -0.15) is 4.39 Å². The molecule has 2 bridgehead atoms. The van der Waals surface area contributed by atoms with Crippen molar-refractivity contribution in [1.29, 1.82) is 0 Å². The molecule has 1 aromatic carbocycles. The molecule has 0 radical (unpaired) electrons. The maximum atomic E-state index is 13.9. The Morgan fingerprint density at radius 2 is 2.00 bits per heavy atom. The van der Waals surface area contributed by atoms with Gasteiger partial charge in [-0.3, -0.25) is 4.90 Å². The summed E-state index contributed by atoms with van der Waals surface area (Å²) in [4.78, 5) is 14.2. The lowest BCUT2D eigenvalue weighted by molar-refractivity contribution is -0.0510. The fraction of sp³-hybridized carbons (Fsp3) is 0.526. The molecule has 0 N–H and O–H groups in total. The molecule has 3 rings (SSSR count). The zero-order valence-electron chi connectivity index (χ0n) is 15.3. The second-order valence-corrected chi connectivity index (χ2v) is 7.52. The Morgan fingerprint density at radius 3 is 2.62 bits per heavy atom. The number of hydrogen-bond acceptors (Lipinski definition) is 4. The summed E-state index contributed by atoms with van der Waals surface area (Å²) < 4.78 is 43.5. The van der Waals surface area contributed by atoms with E-state index >= 15 is 0 Å². The van der Waals surface area contributed by atoms with Crippen LogP contribution in [-0.4, -0.2) is 49.0 Å². The van der Waals surface area contributed by atoms with Crippen LogP contribution in [0.3, 0.4) is 0 Å². The number of ether oxygens (including phenoxy) is 3. The molecule has 2 aliphatic heterocycles. The van der Waals surface area contributed by atoms with Gasteiger partial charge in [0.05, 0.1) is 32.4 Å². The van der Waals surface area contributed by atoms with Crippen molar-refractivity contribution in [1.82, 2.24) is 4.90 Å². The third-order valence-electron chi connectivity index (χ3n) is 4.39. The Balaban J connectivity index is 1.91. The Morgan fingerprint density at radius 1 is 1.27 bits per heavy atom. The van der Waals surface area contributed by atoms with Crippen molar-refractivity contribution in [3.8, 4) is 5.75 Å². The number of hydrogen-bond donors (Lipinski definition) is 0. The minimum atomic E-state index is -1.01. The molecule has 0 saturated carbocycles. The molecule has 142 valence electrons. The molecule has 1 aromatic rings. The average Bonchev–Trinajstić information content (AvgIpc) is 2.54. The predicted molar refractivity (Wildman–Crippen MR) is 92.0 cm³/mol. The predicted octanol–water partition coefficient (Wildman–Crippen LogP) is 3.77. The van der Waals surface area contributed by atoms with Gasteiger partial charge >= 0.3 is 6.09 Å². The lowest BCUT2D eigenvalue weighted by Gasteiger charge is -2.44. The molecule has 0 spiro atoms. The Hall–Kier alpha value is -2.15. The van der Waals surface area contributed by atoms with E-state index in [9.17, 15) is 13.6 Å². The summed E-state index contributed by atoms with van der Waals surface area (Å²) in [6, 6.07) is 2.10. The van der Waals surface area contributed by atoms with Crippen molar-refractivity contribution in [3.05, 3.63) is 35.4 Å². The number of rotatable bonds is 2. The van der Waals surface area contributed by atoms with Crippen LogP contribution in [0.25, 0.3) is 5.57 Å². The number of fused-ring (bicyclic) bond motifs is 2. The van der Waals surface area contributed by atoms with Crippen molar-refractivity contribution < 1.29 is 27.8 Å². The van der Waals surface area contributed by atoms with Crippen LogP contribution in [0.1, 0.15) is 32.8 Å². The fourth-order valence-electron chi connectivity index (χ4n) is 3.31. The van der Waals surface area contributed by atoms with Gasteiger partial charge in [0, 0.05) is 0 Å². The third kappa shape index (κ3) is 3.67. The molecule has 2 unspecified atom stereocenters. The van der Waals surface area contributed by atoms with Crippen molar-refractivity contribution in [2.45, 2.75) is 44.9 Å². The molecule has 1 saturated heterocycles. The van der Waals surface area contributed by atoms with E-state index in [2.05, 4.69) is 0 Å². The van der Waals surface area contributed by atoms with Gasteiger partial charge in [-0.05, 0) is 50.5 Å². The monoisotopic (exact) mass is 367 g/mol. The van der Waals surface area contributed by atoms with Gasteiger partial charge in [-0.25, -0.2) is 9.18 Å². The average molecular weight is 367 g/mol. The van der Waals surface area contributed by atoms with Gasteiger partial charge in [0.2, 0.25) is 5.82 Å². The zero-order valence-corrected chi connectivity index (χ0v) is 15.3. The van der Waals surface area contributed by atoms with E-state index in [1.807, 2.05) is 26.8 Å². The minimum absolute atomic E-state index is 0.142. The SMILES string of the molecule is COc1cc(C2=CC3COCC(C2)N3C(=O)OC(C)(C)C)cc(F)c1F. The van der Waals surface area contributed by atoms with Gasteiger partial charge in [-0.1, -0.05) is 6.08 Å². The van der Waals surface area contributed by atoms with Crippen LogP contribution in [0, 0.1) is 11.6 Å². The number of amides is 1. The first-order valence-electron chi connectivity index (χ1n) is 8.53. The highest BCUT2D eigenvalue weighted by molar-refractivity contribution is 5.75. The summed E-state index contributed by atoms with van der Waals surface area (Å²) in [5, 5.41) is 0. The van der Waals surface area contributed by atoms with Crippen molar-refractivity contribution >= 4 is 11.7 Å². The van der Waals surface area contributed by atoms with Gasteiger partial charge in [0.15, 0.2) is 11.6 Å². The van der Waals surface area contributed by atoms with Crippen LogP contribution >= 0.6 is 0 Å². The number of halogens is 2. The number of benzene rings is 1. The Bertz CT molecular complexity index is 742. The number of morpholine rings is 1. The number of carbonyl (C=O) groups excluding carboxylic acids is 1. The molecule has 2 aliphatic rings. The van der Waals surface area contributed by atoms with Crippen LogP contribution < -0.4 is 4.74 Å². The van der Waals surface area contributed by atoms with E-state index in [-0.39, 0.29) is 17.8 Å². The lowest BCUT2D eigenvalue weighted by Crippen LogP contribution is -2.57. The highest BCUT2D eigenvalue weighted by atomic mass is 19.2. The van der Waals surface area contributed by atoms with E-state index in [0.29, 0.717) is 25.2 Å². The quantitative estimate of drug-likeness (QED) is 0.799. The first-order valence-corrected chi connectivity index (χ1v) is 8.53. The lowest BCUT2D eigenvalue weighted by atomic mass is 9.90. The molecular formula is C19H23F2NO4. The summed E-state index contributed by atoms with van der Waals surface area (Å²) in [7, 11) is 1.30. The second-order valence-electron chi connectivity index (χ2n) is 7.52. The van der Waals surface area contributed by atoms with E-state index in [0.717, 1.165) is 11.6 Å². The summed E-state index contributed by atoms with van der Waals surface area (Å²) >= 11 is 0. The molecule has 1 fully saturated rings. The molecule has 1 amide bonds. The van der Waals surface area contributed by atoms with Crippen LogP contribution in [0.15, 0.2) is 18.2 Å². The van der Waals surface area contributed by atoms with Crippen LogP contribution in [0.2, 0.25) is 0 Å². The number of carbonyl (C=O) groups is 1. The largest absolute Gasteiger partial charge is 0.494 e. The topological polar surface area (TPSA) is 48.0 Å². The van der Waals surface area contributed by atoms with E-state index in [1.54, 1.807) is 4.90 Å². The fourth-order valence-corrected chi connectivity index (χ4v) is 3.31. The Labute approximate surface area is 151 Å². The second kappa shape index (κ2) is 6.87. The summed E-state index contributed by atoms with van der Waals surface area (Å²) in [6.07, 6.45) is 1.92. The Kier molecular flexibility index (Phi) is 4.92. The van der Waals surface area contributed by atoms with Crippen LogP contribution in [0.4, 0.5) is 13.6 Å². The van der Waals surface area contributed by atoms with Gasteiger partial charge in [-0.15, -0.1) is 0 Å². The third-order valence-corrected chi connectivity index (χ3v) is 4.39. The summed E-state index contributed by atoms with van der Waals surface area (Å²) in [6.45, 7) is 6.15. The smallest absolute Gasteiger partial charge is 0.411 e. The normalized spacial score (nSPS) is 22.7. The summed E-state index contributed by atoms with van der Waals surface area (Å²) in [5.41, 5.74) is 0.783. The highest BCUT2D eigenvalue weighted by Gasteiger charge is 2.40. The highest BCUT2D eigenvalue weighted by Crippen LogP contribution is 2.35. The van der Waals surface area contributed by atoms with E-state index in [1.165, 1.54) is 13.2 Å². The maximum Gasteiger partial charge on any atom is 0.411 e. The molecule has 0 aliphatic carbocycles. The molecular weight excluding hydrogens is 344 g/mol. The first-order chi connectivity index (χ1) is 12.2.